The molecule has 126 valence electrons. The molecule has 3 rings (SSSR count). The lowest BCUT2D eigenvalue weighted by molar-refractivity contribution is -0.142. The Morgan fingerprint density at radius 2 is 1.48 bits per heavy atom. The molecule has 0 saturated heterocycles. The summed E-state index contributed by atoms with van der Waals surface area (Å²) in [4.78, 5) is 38.3. The number of aliphatic hydroxyl groups is 1. The molecular formula is C17H24N2O4. The summed E-state index contributed by atoms with van der Waals surface area (Å²) in [5, 5.41) is 12.8. The van der Waals surface area contributed by atoms with Crippen molar-refractivity contribution in [2.75, 3.05) is 0 Å². The van der Waals surface area contributed by atoms with E-state index in [9.17, 15) is 19.5 Å². The molecule has 2 N–H and O–H groups in total. The Kier molecular flexibility index (Phi) is 4.68. The number of amides is 3. The van der Waals surface area contributed by atoms with Crippen LogP contribution >= 0.6 is 0 Å². The van der Waals surface area contributed by atoms with E-state index in [-0.39, 0.29) is 17.7 Å². The summed E-state index contributed by atoms with van der Waals surface area (Å²) >= 11 is 0. The molecule has 2 saturated carbocycles. The van der Waals surface area contributed by atoms with Crippen molar-refractivity contribution in [1.82, 2.24) is 10.2 Å². The lowest BCUT2D eigenvalue weighted by atomic mass is 9.94. The molecule has 0 unspecified atom stereocenters. The molecule has 6 nitrogen and oxygen atoms in total. The zero-order valence-electron chi connectivity index (χ0n) is 13.3. The van der Waals surface area contributed by atoms with Gasteiger partial charge < -0.3 is 10.4 Å². The van der Waals surface area contributed by atoms with Gasteiger partial charge in [0, 0.05) is 12.1 Å². The highest BCUT2D eigenvalue weighted by Gasteiger charge is 2.45. The maximum Gasteiger partial charge on any atom is 0.296 e. The maximum atomic E-state index is 12.5. The number of nitrogens with one attached hydrogen (secondary N) is 1. The van der Waals surface area contributed by atoms with Gasteiger partial charge in [0.25, 0.3) is 17.7 Å². The van der Waals surface area contributed by atoms with Gasteiger partial charge in [-0.05, 0) is 25.7 Å². The van der Waals surface area contributed by atoms with Gasteiger partial charge in [-0.25, -0.2) is 0 Å². The van der Waals surface area contributed by atoms with Crippen LogP contribution < -0.4 is 5.32 Å². The Balaban J connectivity index is 1.71. The zero-order chi connectivity index (χ0) is 16.4. The number of nitrogens with zero attached hydrogens (tertiary/aromatic N) is 1. The van der Waals surface area contributed by atoms with Crippen LogP contribution in [0.3, 0.4) is 0 Å². The van der Waals surface area contributed by atoms with Gasteiger partial charge in [0.15, 0.2) is 11.3 Å². The molecule has 2 aliphatic carbocycles. The number of hydrogen-bond donors (Lipinski definition) is 2. The summed E-state index contributed by atoms with van der Waals surface area (Å²) in [6, 6.07) is -0.158. The van der Waals surface area contributed by atoms with Gasteiger partial charge in [-0.3, -0.25) is 19.3 Å². The SMILES string of the molecule is O=C(NC1CCCCC1)C1=C(O)C(=O)N(C2CCCCC2)C1=O. The smallest absolute Gasteiger partial charge is 0.296 e. The van der Waals surface area contributed by atoms with E-state index in [1.807, 2.05) is 0 Å². The molecule has 3 amide bonds. The summed E-state index contributed by atoms with van der Waals surface area (Å²) in [6.45, 7) is 0. The molecular weight excluding hydrogens is 296 g/mol. The summed E-state index contributed by atoms with van der Waals surface area (Å²) in [5.41, 5.74) is -0.369. The third kappa shape index (κ3) is 3.12. The van der Waals surface area contributed by atoms with Gasteiger partial charge in [-0.1, -0.05) is 38.5 Å². The van der Waals surface area contributed by atoms with Crippen molar-refractivity contribution in [3.05, 3.63) is 11.3 Å². The van der Waals surface area contributed by atoms with Crippen molar-refractivity contribution in [2.45, 2.75) is 76.3 Å². The van der Waals surface area contributed by atoms with Gasteiger partial charge >= 0.3 is 0 Å². The van der Waals surface area contributed by atoms with Gasteiger partial charge in [0.05, 0.1) is 0 Å². The van der Waals surface area contributed by atoms with E-state index in [2.05, 4.69) is 5.32 Å². The predicted molar refractivity (Wildman–Crippen MR) is 83.4 cm³/mol. The minimum atomic E-state index is -0.712. The molecule has 23 heavy (non-hydrogen) atoms. The first-order valence-corrected chi connectivity index (χ1v) is 8.71. The second-order valence-corrected chi connectivity index (χ2v) is 6.80. The van der Waals surface area contributed by atoms with E-state index >= 15 is 0 Å². The molecule has 0 aromatic carbocycles. The van der Waals surface area contributed by atoms with Crippen molar-refractivity contribution in [3.63, 3.8) is 0 Å². The lowest BCUT2D eigenvalue weighted by Gasteiger charge is -2.29. The van der Waals surface area contributed by atoms with Crippen LogP contribution in [0.15, 0.2) is 11.3 Å². The van der Waals surface area contributed by atoms with Crippen LogP contribution in [-0.2, 0) is 14.4 Å². The summed E-state index contributed by atoms with van der Waals surface area (Å²) in [5.74, 6) is -2.64. The van der Waals surface area contributed by atoms with E-state index in [0.29, 0.717) is 0 Å². The lowest BCUT2D eigenvalue weighted by Crippen LogP contribution is -2.44. The predicted octanol–water partition coefficient (Wildman–Crippen LogP) is 1.95. The van der Waals surface area contributed by atoms with Crippen molar-refractivity contribution >= 4 is 17.7 Å². The summed E-state index contributed by atoms with van der Waals surface area (Å²) in [7, 11) is 0. The highest BCUT2D eigenvalue weighted by Crippen LogP contribution is 2.29. The highest BCUT2D eigenvalue weighted by molar-refractivity contribution is 6.31. The molecule has 0 atom stereocenters. The Hall–Kier alpha value is -1.85. The van der Waals surface area contributed by atoms with Crippen LogP contribution in [0, 0.1) is 0 Å². The second kappa shape index (κ2) is 6.72. The third-order valence-electron chi connectivity index (χ3n) is 5.20. The minimum Gasteiger partial charge on any atom is -0.502 e. The Morgan fingerprint density at radius 1 is 0.913 bits per heavy atom. The van der Waals surface area contributed by atoms with Crippen LogP contribution in [0.2, 0.25) is 0 Å². The molecule has 6 heteroatoms. The van der Waals surface area contributed by atoms with Gasteiger partial charge in [-0.15, -0.1) is 0 Å². The van der Waals surface area contributed by atoms with Crippen LogP contribution in [0.4, 0.5) is 0 Å². The van der Waals surface area contributed by atoms with Gasteiger partial charge in [-0.2, -0.15) is 0 Å². The fourth-order valence-electron chi connectivity index (χ4n) is 3.92. The standard InChI is InChI=1S/C17H24N2O4/c20-14-13(15(21)18-11-7-3-1-4-8-11)16(22)19(17(14)23)12-9-5-2-6-10-12/h11-12,20H,1-10H2,(H,18,21). The maximum absolute atomic E-state index is 12.5. The normalized spacial score (nSPS) is 24.4. The van der Waals surface area contributed by atoms with E-state index in [1.54, 1.807) is 0 Å². The van der Waals surface area contributed by atoms with E-state index in [1.165, 1.54) is 0 Å². The van der Waals surface area contributed by atoms with Crippen molar-refractivity contribution in [2.24, 2.45) is 0 Å². The first-order valence-electron chi connectivity index (χ1n) is 8.71. The number of hydrogen-bond acceptors (Lipinski definition) is 4. The van der Waals surface area contributed by atoms with Crippen LogP contribution in [0.5, 0.6) is 0 Å². The fraction of sp³-hybridized carbons (Fsp3) is 0.706. The number of imide groups is 1. The van der Waals surface area contributed by atoms with E-state index in [0.717, 1.165) is 69.1 Å². The number of aliphatic hydroxyl groups excluding tert-OH is 1. The van der Waals surface area contributed by atoms with Gasteiger partial charge in [0.1, 0.15) is 0 Å². The van der Waals surface area contributed by atoms with E-state index in [4.69, 9.17) is 0 Å². The Bertz CT molecular complexity index is 543. The number of rotatable bonds is 3. The molecule has 3 aliphatic rings. The Morgan fingerprint density at radius 3 is 2.09 bits per heavy atom. The first kappa shape index (κ1) is 16.0. The number of carbonyl (C=O) groups excluding carboxylic acids is 3. The highest BCUT2D eigenvalue weighted by atomic mass is 16.3. The Labute approximate surface area is 135 Å². The zero-order valence-corrected chi connectivity index (χ0v) is 13.3. The average Bonchev–Trinajstić information content (AvgIpc) is 2.79. The minimum absolute atomic E-state index is 0.0307. The molecule has 2 fully saturated rings. The van der Waals surface area contributed by atoms with Crippen LogP contribution in [0.1, 0.15) is 64.2 Å². The van der Waals surface area contributed by atoms with E-state index < -0.39 is 23.5 Å². The molecule has 1 heterocycles. The van der Waals surface area contributed by atoms with Crippen molar-refractivity contribution in [3.8, 4) is 0 Å². The largest absolute Gasteiger partial charge is 0.502 e. The summed E-state index contributed by atoms with van der Waals surface area (Å²) < 4.78 is 0. The van der Waals surface area contributed by atoms with Crippen LogP contribution in [-0.4, -0.2) is 39.8 Å². The molecule has 1 aliphatic heterocycles. The van der Waals surface area contributed by atoms with Crippen molar-refractivity contribution in [1.29, 1.82) is 0 Å². The fourth-order valence-corrected chi connectivity index (χ4v) is 3.92. The molecule has 0 radical (unpaired) electrons. The molecule has 0 aromatic heterocycles. The molecule has 0 bridgehead atoms. The first-order chi connectivity index (χ1) is 11.1. The topological polar surface area (TPSA) is 86.7 Å². The monoisotopic (exact) mass is 320 g/mol. The molecule has 0 aromatic rings. The number of carbonyl (C=O) groups is 3. The van der Waals surface area contributed by atoms with Crippen molar-refractivity contribution < 1.29 is 19.5 Å². The average molecular weight is 320 g/mol. The quantitative estimate of drug-likeness (QED) is 0.614. The summed E-state index contributed by atoms with van der Waals surface area (Å²) in [6.07, 6.45) is 9.56. The third-order valence-corrected chi connectivity index (χ3v) is 5.20. The second-order valence-electron chi connectivity index (χ2n) is 6.80. The molecule has 0 spiro atoms. The van der Waals surface area contributed by atoms with Crippen LogP contribution in [0.25, 0.3) is 0 Å². The van der Waals surface area contributed by atoms with Gasteiger partial charge in [0.2, 0.25) is 0 Å².